The molecule has 1 rings (SSSR count). The Balaban J connectivity index is 2.36. The van der Waals surface area contributed by atoms with Crippen LogP contribution in [0.2, 0.25) is 0 Å². The minimum absolute atomic E-state index is 0.343. The first kappa shape index (κ1) is 6.93. The molecule has 0 atom stereocenters. The molecule has 0 radical (unpaired) electrons. The van der Waals surface area contributed by atoms with Gasteiger partial charge in [0, 0.05) is 0 Å². The smallest absolute Gasteiger partial charge is 0.230 e. The van der Waals surface area contributed by atoms with Crippen molar-refractivity contribution >= 4 is 0 Å². The predicted octanol–water partition coefficient (Wildman–Crippen LogP) is 1.96. The van der Waals surface area contributed by atoms with Gasteiger partial charge in [0.1, 0.15) is 6.26 Å². The van der Waals surface area contributed by atoms with Gasteiger partial charge in [-0.25, -0.2) is 0 Å². The first-order valence-corrected chi connectivity index (χ1v) is 3.17. The molecule has 0 unspecified atom stereocenters. The highest BCUT2D eigenvalue weighted by Gasteiger charge is 1.98. The van der Waals surface area contributed by atoms with E-state index in [-0.39, 0.29) is 0 Å². The summed E-state index contributed by atoms with van der Waals surface area (Å²) in [6.45, 7) is 2.31. The van der Waals surface area contributed by atoms with Gasteiger partial charge in [-0.3, -0.25) is 0 Å². The lowest BCUT2D eigenvalue weighted by molar-refractivity contribution is 0.0844. The zero-order valence-corrected chi connectivity index (χ0v) is 5.91. The Morgan fingerprint density at radius 1 is 1.50 bits per heavy atom. The summed E-state index contributed by atoms with van der Waals surface area (Å²) < 4.78 is 9.85. The van der Waals surface area contributed by atoms with Crippen molar-refractivity contribution in [2.45, 2.75) is 6.92 Å². The molecule has 54 valence electrons. The molecule has 0 fully saturated rings. The van der Waals surface area contributed by atoms with E-state index in [2.05, 4.69) is 0 Å². The minimum atomic E-state index is 0.343. The highest BCUT2D eigenvalue weighted by molar-refractivity contribution is 5.16. The summed E-state index contributed by atoms with van der Waals surface area (Å²) >= 11 is 0. The number of ether oxygens (including phenoxy) is 2. The predicted molar refractivity (Wildman–Crippen MR) is 39.1 cm³/mol. The normalized spacial score (nSPS) is 17.5. The standard InChI is InChI=1S/C8H10O2/c1-2-3-4-5-8-6-9-7-10-8/h2-6H,7H2,1H3/b3-2-,5-4-. The molecule has 0 saturated carbocycles. The Hall–Kier alpha value is -1.18. The Labute approximate surface area is 60.4 Å². The van der Waals surface area contributed by atoms with Crippen LogP contribution >= 0.6 is 0 Å². The van der Waals surface area contributed by atoms with E-state index in [4.69, 9.17) is 9.47 Å². The van der Waals surface area contributed by atoms with Crippen molar-refractivity contribution in [2.75, 3.05) is 6.79 Å². The molecule has 0 N–H and O–H groups in total. The van der Waals surface area contributed by atoms with Crippen molar-refractivity contribution in [1.29, 1.82) is 0 Å². The number of hydrogen-bond acceptors (Lipinski definition) is 2. The van der Waals surface area contributed by atoms with Crippen LogP contribution in [0.25, 0.3) is 0 Å². The maximum atomic E-state index is 5.02. The number of rotatable bonds is 2. The topological polar surface area (TPSA) is 18.5 Å². The van der Waals surface area contributed by atoms with Gasteiger partial charge < -0.3 is 9.47 Å². The number of allylic oxidation sites excluding steroid dienone is 4. The molecule has 0 bridgehead atoms. The van der Waals surface area contributed by atoms with Gasteiger partial charge in [0.25, 0.3) is 0 Å². The number of hydrogen-bond donors (Lipinski definition) is 0. The Kier molecular flexibility index (Phi) is 2.62. The lowest BCUT2D eigenvalue weighted by Gasteiger charge is -1.89. The Morgan fingerprint density at radius 2 is 2.40 bits per heavy atom. The summed E-state index contributed by atoms with van der Waals surface area (Å²) in [5, 5.41) is 0. The van der Waals surface area contributed by atoms with Crippen LogP contribution in [0.5, 0.6) is 0 Å². The molecule has 0 saturated heterocycles. The highest BCUT2D eigenvalue weighted by atomic mass is 16.7. The summed E-state index contributed by atoms with van der Waals surface area (Å²) in [5.74, 6) is 0.776. The van der Waals surface area contributed by atoms with Crippen molar-refractivity contribution in [3.8, 4) is 0 Å². The molecule has 2 nitrogen and oxygen atoms in total. The van der Waals surface area contributed by atoms with Gasteiger partial charge >= 0.3 is 0 Å². The highest BCUT2D eigenvalue weighted by Crippen LogP contribution is 2.06. The van der Waals surface area contributed by atoms with E-state index in [9.17, 15) is 0 Å². The summed E-state index contributed by atoms with van der Waals surface area (Å²) in [4.78, 5) is 0. The van der Waals surface area contributed by atoms with E-state index in [0.717, 1.165) is 5.76 Å². The van der Waals surface area contributed by atoms with Crippen LogP contribution in [0.4, 0.5) is 0 Å². The van der Waals surface area contributed by atoms with E-state index in [1.54, 1.807) is 6.26 Å². The molecule has 0 aromatic heterocycles. The minimum Gasteiger partial charge on any atom is -0.461 e. The monoisotopic (exact) mass is 138 g/mol. The van der Waals surface area contributed by atoms with Crippen LogP contribution in [0, 0.1) is 0 Å². The zero-order valence-electron chi connectivity index (χ0n) is 5.91. The van der Waals surface area contributed by atoms with Crippen LogP contribution in [-0.4, -0.2) is 6.79 Å². The SMILES string of the molecule is C/C=C\C=C/C1=COCO1. The van der Waals surface area contributed by atoms with E-state index in [1.807, 2.05) is 31.2 Å². The first-order valence-electron chi connectivity index (χ1n) is 3.17. The van der Waals surface area contributed by atoms with Crippen molar-refractivity contribution in [3.63, 3.8) is 0 Å². The van der Waals surface area contributed by atoms with E-state index < -0.39 is 0 Å². The molecule has 0 amide bonds. The molecule has 0 aromatic rings. The van der Waals surface area contributed by atoms with Gasteiger partial charge in [0.05, 0.1) is 0 Å². The fourth-order valence-electron chi connectivity index (χ4n) is 0.601. The van der Waals surface area contributed by atoms with Gasteiger partial charge in [-0.15, -0.1) is 0 Å². The molecule has 0 spiro atoms. The van der Waals surface area contributed by atoms with Crippen LogP contribution < -0.4 is 0 Å². The molecule has 10 heavy (non-hydrogen) atoms. The van der Waals surface area contributed by atoms with E-state index >= 15 is 0 Å². The Bertz CT molecular complexity index is 178. The average Bonchev–Trinajstić information content (AvgIpc) is 2.41. The molecule has 1 aliphatic heterocycles. The molecular weight excluding hydrogens is 128 g/mol. The molecule has 2 heteroatoms. The maximum absolute atomic E-state index is 5.02. The largest absolute Gasteiger partial charge is 0.461 e. The second-order valence-corrected chi connectivity index (χ2v) is 1.83. The summed E-state index contributed by atoms with van der Waals surface area (Å²) in [5.41, 5.74) is 0. The average molecular weight is 138 g/mol. The molecule has 1 aliphatic rings. The lowest BCUT2D eigenvalue weighted by atomic mass is 10.4. The second kappa shape index (κ2) is 3.77. The quantitative estimate of drug-likeness (QED) is 0.543. The first-order chi connectivity index (χ1) is 4.93. The van der Waals surface area contributed by atoms with E-state index in [1.165, 1.54) is 0 Å². The van der Waals surface area contributed by atoms with Crippen molar-refractivity contribution in [2.24, 2.45) is 0 Å². The third kappa shape index (κ3) is 1.97. The van der Waals surface area contributed by atoms with Gasteiger partial charge in [-0.1, -0.05) is 18.2 Å². The summed E-state index contributed by atoms with van der Waals surface area (Å²) in [6.07, 6.45) is 9.24. The summed E-state index contributed by atoms with van der Waals surface area (Å²) in [6, 6.07) is 0. The van der Waals surface area contributed by atoms with Gasteiger partial charge in [0.2, 0.25) is 6.79 Å². The van der Waals surface area contributed by atoms with Gasteiger partial charge in [-0.05, 0) is 13.0 Å². The molecule has 0 aromatic carbocycles. The molecule has 1 heterocycles. The van der Waals surface area contributed by atoms with Gasteiger partial charge in [-0.2, -0.15) is 0 Å². The van der Waals surface area contributed by atoms with Crippen LogP contribution in [0.15, 0.2) is 36.3 Å². The molecule has 0 aliphatic carbocycles. The van der Waals surface area contributed by atoms with Crippen molar-refractivity contribution in [1.82, 2.24) is 0 Å². The van der Waals surface area contributed by atoms with Gasteiger partial charge in [0.15, 0.2) is 5.76 Å². The van der Waals surface area contributed by atoms with Crippen molar-refractivity contribution < 1.29 is 9.47 Å². The zero-order chi connectivity index (χ0) is 7.23. The van der Waals surface area contributed by atoms with Crippen LogP contribution in [0.3, 0.4) is 0 Å². The summed E-state index contributed by atoms with van der Waals surface area (Å²) in [7, 11) is 0. The third-order valence-corrected chi connectivity index (χ3v) is 1.06. The lowest BCUT2D eigenvalue weighted by Crippen LogP contribution is -1.80. The van der Waals surface area contributed by atoms with Crippen LogP contribution in [-0.2, 0) is 9.47 Å². The fraction of sp³-hybridized carbons (Fsp3) is 0.250. The van der Waals surface area contributed by atoms with Crippen molar-refractivity contribution in [3.05, 3.63) is 36.3 Å². The maximum Gasteiger partial charge on any atom is 0.230 e. The molecular formula is C8H10O2. The fourth-order valence-corrected chi connectivity index (χ4v) is 0.601. The second-order valence-electron chi connectivity index (χ2n) is 1.83. The third-order valence-electron chi connectivity index (χ3n) is 1.06. The Morgan fingerprint density at radius 3 is 3.00 bits per heavy atom. The van der Waals surface area contributed by atoms with E-state index in [0.29, 0.717) is 6.79 Å². The van der Waals surface area contributed by atoms with Crippen LogP contribution in [0.1, 0.15) is 6.92 Å².